The first-order valence-corrected chi connectivity index (χ1v) is 4.83. The minimum atomic E-state index is -4.14. The number of hydrogen-bond donors (Lipinski definition) is 1. The van der Waals surface area contributed by atoms with Crippen LogP contribution in [0.15, 0.2) is 0 Å². The molecule has 1 fully saturated rings. The first-order chi connectivity index (χ1) is 6.15. The lowest BCUT2D eigenvalue weighted by Gasteiger charge is -2.41. The van der Waals surface area contributed by atoms with E-state index in [0.717, 1.165) is 0 Å². The van der Waals surface area contributed by atoms with Crippen LogP contribution in [0.2, 0.25) is 0 Å². The lowest BCUT2D eigenvalue weighted by molar-refractivity contribution is -0.205. The van der Waals surface area contributed by atoms with Gasteiger partial charge in [-0.2, -0.15) is 13.2 Å². The highest BCUT2D eigenvalue weighted by molar-refractivity contribution is 5.02. The maximum atomic E-state index is 12.7. The van der Waals surface area contributed by atoms with Crippen LogP contribution in [0.4, 0.5) is 13.2 Å². The van der Waals surface area contributed by atoms with Gasteiger partial charge in [0.25, 0.3) is 0 Å². The maximum absolute atomic E-state index is 12.7. The van der Waals surface area contributed by atoms with Crippen molar-refractivity contribution in [1.29, 1.82) is 0 Å². The minimum absolute atomic E-state index is 0.133. The summed E-state index contributed by atoms with van der Waals surface area (Å²) in [5.41, 5.74) is -1.48. The highest BCUT2D eigenvalue weighted by Gasteiger charge is 2.60. The van der Waals surface area contributed by atoms with E-state index in [4.69, 9.17) is 0 Å². The Kier molecular flexibility index (Phi) is 2.64. The molecule has 1 aliphatic carbocycles. The summed E-state index contributed by atoms with van der Waals surface area (Å²) in [5, 5.41) is 9.18. The molecule has 4 heteroatoms. The van der Waals surface area contributed by atoms with Crippen LogP contribution in [0, 0.1) is 16.7 Å². The highest BCUT2D eigenvalue weighted by atomic mass is 19.4. The molecular weight excluding hydrogens is 193 g/mol. The lowest BCUT2D eigenvalue weighted by Crippen LogP contribution is -2.42. The topological polar surface area (TPSA) is 20.2 Å². The second-order valence-corrected chi connectivity index (χ2v) is 5.07. The third-order valence-corrected chi connectivity index (χ3v) is 4.16. The molecule has 0 spiro atoms. The molecule has 0 bridgehead atoms. The molecule has 2 atom stereocenters. The molecule has 1 aliphatic rings. The number of aliphatic hydroxyl groups excluding tert-OH is 1. The Morgan fingerprint density at radius 2 is 1.79 bits per heavy atom. The average Bonchev–Trinajstić information content (AvgIpc) is 2.23. The summed E-state index contributed by atoms with van der Waals surface area (Å²) >= 11 is 0. The Labute approximate surface area is 82.3 Å². The molecule has 0 heterocycles. The molecule has 1 saturated carbocycles. The van der Waals surface area contributed by atoms with Crippen LogP contribution in [0.1, 0.15) is 33.6 Å². The third-order valence-electron chi connectivity index (χ3n) is 4.16. The number of aliphatic hydroxyl groups is 1. The maximum Gasteiger partial charge on any atom is 0.392 e. The van der Waals surface area contributed by atoms with Gasteiger partial charge in [-0.15, -0.1) is 0 Å². The van der Waals surface area contributed by atoms with Crippen molar-refractivity contribution in [1.82, 2.24) is 0 Å². The largest absolute Gasteiger partial charge is 0.396 e. The van der Waals surface area contributed by atoms with Crippen LogP contribution in [-0.4, -0.2) is 17.9 Å². The summed E-state index contributed by atoms with van der Waals surface area (Å²) in [6.07, 6.45) is -3.56. The Balaban J connectivity index is 2.98. The van der Waals surface area contributed by atoms with E-state index in [9.17, 15) is 18.3 Å². The van der Waals surface area contributed by atoms with E-state index in [1.165, 1.54) is 0 Å². The molecule has 1 nitrogen and oxygen atoms in total. The second kappa shape index (κ2) is 3.12. The summed E-state index contributed by atoms with van der Waals surface area (Å²) in [7, 11) is 0. The predicted molar refractivity (Wildman–Crippen MR) is 47.8 cm³/mol. The van der Waals surface area contributed by atoms with E-state index in [1.807, 2.05) is 0 Å². The fraction of sp³-hybridized carbons (Fsp3) is 1.00. The molecule has 0 aromatic heterocycles. The van der Waals surface area contributed by atoms with E-state index in [-0.39, 0.29) is 13.0 Å². The Morgan fingerprint density at radius 3 is 2.00 bits per heavy atom. The van der Waals surface area contributed by atoms with Gasteiger partial charge < -0.3 is 5.11 Å². The van der Waals surface area contributed by atoms with E-state index in [1.54, 1.807) is 20.8 Å². The number of rotatable bonds is 1. The lowest BCUT2D eigenvalue weighted by atomic mass is 9.66. The van der Waals surface area contributed by atoms with Crippen molar-refractivity contribution in [3.63, 3.8) is 0 Å². The zero-order chi connectivity index (χ0) is 11.2. The molecular formula is C10H17F3O. The molecule has 14 heavy (non-hydrogen) atoms. The SMILES string of the molecule is CC1(C)[C@@H](C(F)(F)F)CC[C@@]1(C)CO. The molecule has 0 unspecified atom stereocenters. The minimum Gasteiger partial charge on any atom is -0.396 e. The number of halogens is 3. The fourth-order valence-corrected chi connectivity index (χ4v) is 2.42. The summed E-state index contributed by atoms with van der Waals surface area (Å²) in [6.45, 7) is 4.77. The van der Waals surface area contributed by atoms with Crippen LogP contribution >= 0.6 is 0 Å². The summed E-state index contributed by atoms with van der Waals surface area (Å²) in [5.74, 6) is -1.29. The van der Waals surface area contributed by atoms with Gasteiger partial charge in [-0.3, -0.25) is 0 Å². The van der Waals surface area contributed by atoms with Gasteiger partial charge in [-0.05, 0) is 23.7 Å². The zero-order valence-corrected chi connectivity index (χ0v) is 8.78. The summed E-state index contributed by atoms with van der Waals surface area (Å²) in [6, 6.07) is 0. The first-order valence-electron chi connectivity index (χ1n) is 4.83. The smallest absolute Gasteiger partial charge is 0.392 e. The third kappa shape index (κ3) is 1.53. The molecule has 84 valence electrons. The van der Waals surface area contributed by atoms with Crippen LogP contribution in [-0.2, 0) is 0 Å². The van der Waals surface area contributed by atoms with Gasteiger partial charge in [0.05, 0.1) is 5.92 Å². The van der Waals surface area contributed by atoms with E-state index >= 15 is 0 Å². The predicted octanol–water partition coefficient (Wildman–Crippen LogP) is 2.98. The van der Waals surface area contributed by atoms with Crippen molar-refractivity contribution in [2.24, 2.45) is 16.7 Å². The molecule has 0 saturated heterocycles. The zero-order valence-electron chi connectivity index (χ0n) is 8.78. The van der Waals surface area contributed by atoms with Gasteiger partial charge >= 0.3 is 6.18 Å². The van der Waals surface area contributed by atoms with Crippen LogP contribution < -0.4 is 0 Å². The van der Waals surface area contributed by atoms with E-state index < -0.39 is 22.9 Å². The molecule has 0 amide bonds. The van der Waals surface area contributed by atoms with Gasteiger partial charge in [0.15, 0.2) is 0 Å². The quantitative estimate of drug-likeness (QED) is 0.705. The second-order valence-electron chi connectivity index (χ2n) is 5.07. The highest BCUT2D eigenvalue weighted by Crippen LogP contribution is 2.60. The standard InChI is InChI=1S/C10H17F3O/c1-8(2)7(10(11,12)13)4-5-9(8,3)6-14/h7,14H,4-6H2,1-3H3/t7-,9-/m0/s1. The molecule has 0 aliphatic heterocycles. The Bertz CT molecular complexity index is 222. The van der Waals surface area contributed by atoms with Gasteiger partial charge in [0.2, 0.25) is 0 Å². The normalized spacial score (nSPS) is 37.5. The van der Waals surface area contributed by atoms with Crippen molar-refractivity contribution >= 4 is 0 Å². The molecule has 1 N–H and O–H groups in total. The fourth-order valence-electron chi connectivity index (χ4n) is 2.42. The summed E-state index contributed by atoms with van der Waals surface area (Å²) in [4.78, 5) is 0. The van der Waals surface area contributed by atoms with Crippen molar-refractivity contribution in [3.05, 3.63) is 0 Å². The van der Waals surface area contributed by atoms with E-state index in [0.29, 0.717) is 6.42 Å². The molecule has 0 aromatic rings. The van der Waals surface area contributed by atoms with E-state index in [2.05, 4.69) is 0 Å². The molecule has 0 aromatic carbocycles. The van der Waals surface area contributed by atoms with Crippen molar-refractivity contribution in [2.45, 2.75) is 39.8 Å². The van der Waals surface area contributed by atoms with Crippen molar-refractivity contribution in [3.8, 4) is 0 Å². The van der Waals surface area contributed by atoms with Crippen molar-refractivity contribution < 1.29 is 18.3 Å². The Morgan fingerprint density at radius 1 is 1.29 bits per heavy atom. The van der Waals surface area contributed by atoms with Gasteiger partial charge in [-0.1, -0.05) is 20.8 Å². The summed E-state index contributed by atoms with van der Waals surface area (Å²) < 4.78 is 38.0. The van der Waals surface area contributed by atoms with Crippen LogP contribution in [0.25, 0.3) is 0 Å². The number of alkyl halides is 3. The van der Waals surface area contributed by atoms with Crippen molar-refractivity contribution in [2.75, 3.05) is 6.61 Å². The monoisotopic (exact) mass is 210 g/mol. The molecule has 0 radical (unpaired) electrons. The van der Waals surface area contributed by atoms with Crippen LogP contribution in [0.5, 0.6) is 0 Å². The van der Waals surface area contributed by atoms with Gasteiger partial charge in [-0.25, -0.2) is 0 Å². The average molecular weight is 210 g/mol. The Hall–Kier alpha value is -0.250. The first kappa shape index (κ1) is 11.8. The van der Waals surface area contributed by atoms with Gasteiger partial charge in [0, 0.05) is 6.61 Å². The van der Waals surface area contributed by atoms with Gasteiger partial charge in [0.1, 0.15) is 0 Å². The van der Waals surface area contributed by atoms with Crippen LogP contribution in [0.3, 0.4) is 0 Å². The number of hydrogen-bond acceptors (Lipinski definition) is 1. The molecule has 1 rings (SSSR count).